The maximum atomic E-state index is 13.4. The quantitative estimate of drug-likeness (QED) is 0.463. The Kier molecular flexibility index (Phi) is 6.01. The Morgan fingerprint density at radius 2 is 1.75 bits per heavy atom. The topological polar surface area (TPSA) is 60.3 Å². The Hall–Kier alpha value is -3.57. The minimum atomic E-state index is -0.333. The van der Waals surface area contributed by atoms with E-state index in [0.717, 1.165) is 22.4 Å². The highest BCUT2D eigenvalue weighted by Crippen LogP contribution is 2.34. The second kappa shape index (κ2) is 8.89. The summed E-state index contributed by atoms with van der Waals surface area (Å²) in [5.41, 5.74) is 3.54. The Labute approximate surface area is 191 Å². The van der Waals surface area contributed by atoms with Crippen LogP contribution in [0.2, 0.25) is 5.02 Å². The molecule has 0 bridgehead atoms. The van der Waals surface area contributed by atoms with Crippen LogP contribution in [0, 0.1) is 6.92 Å². The van der Waals surface area contributed by atoms with Gasteiger partial charge in [0.05, 0.1) is 7.11 Å². The first-order valence-corrected chi connectivity index (χ1v) is 10.6. The normalized spacial score (nSPS) is 10.9. The van der Waals surface area contributed by atoms with Crippen molar-refractivity contribution in [2.24, 2.45) is 7.05 Å². The van der Waals surface area contributed by atoms with Crippen LogP contribution in [0.3, 0.4) is 0 Å². The van der Waals surface area contributed by atoms with Gasteiger partial charge in [0, 0.05) is 29.6 Å². The molecule has 32 heavy (non-hydrogen) atoms. The minimum absolute atomic E-state index is 0.247. The van der Waals surface area contributed by atoms with Crippen molar-refractivity contribution < 1.29 is 9.53 Å². The number of halogens is 1. The van der Waals surface area contributed by atoms with Crippen LogP contribution in [-0.2, 0) is 13.6 Å². The number of hydrogen-bond acceptors (Lipinski definition) is 3. The van der Waals surface area contributed by atoms with Crippen LogP contribution in [-0.4, -0.2) is 17.6 Å². The number of aromatic nitrogens is 1. The van der Waals surface area contributed by atoms with Gasteiger partial charge in [0.15, 0.2) is 0 Å². The van der Waals surface area contributed by atoms with Crippen LogP contribution >= 0.6 is 11.6 Å². The molecule has 5 nitrogen and oxygen atoms in total. The van der Waals surface area contributed by atoms with E-state index in [1.54, 1.807) is 32.4 Å². The van der Waals surface area contributed by atoms with E-state index < -0.39 is 0 Å². The SMILES string of the molecule is COc1ccc(CNC(=O)c2c(-c3ccccc3C)c3cc(Cl)ccc3c(=O)n2C)cc1. The Morgan fingerprint density at radius 3 is 2.44 bits per heavy atom. The van der Waals surface area contributed by atoms with E-state index in [-0.39, 0.29) is 11.5 Å². The van der Waals surface area contributed by atoms with Crippen LogP contribution in [0.25, 0.3) is 21.9 Å². The number of methoxy groups -OCH3 is 1. The lowest BCUT2D eigenvalue weighted by Gasteiger charge is -2.19. The summed E-state index contributed by atoms with van der Waals surface area (Å²) in [7, 11) is 3.23. The maximum absolute atomic E-state index is 13.4. The molecular weight excluding hydrogens is 424 g/mol. The number of aryl methyl sites for hydroxylation is 1. The van der Waals surface area contributed by atoms with E-state index in [1.165, 1.54) is 4.57 Å². The van der Waals surface area contributed by atoms with Crippen molar-refractivity contribution in [2.45, 2.75) is 13.5 Å². The molecule has 0 atom stereocenters. The number of nitrogens with zero attached hydrogens (tertiary/aromatic N) is 1. The molecule has 6 heteroatoms. The molecule has 0 spiro atoms. The van der Waals surface area contributed by atoms with Crippen molar-refractivity contribution in [2.75, 3.05) is 7.11 Å². The third kappa shape index (κ3) is 3.99. The molecule has 1 N–H and O–H groups in total. The lowest BCUT2D eigenvalue weighted by molar-refractivity contribution is 0.0942. The molecule has 0 aliphatic heterocycles. The van der Waals surface area contributed by atoms with Crippen molar-refractivity contribution in [1.29, 1.82) is 0 Å². The largest absolute Gasteiger partial charge is 0.497 e. The smallest absolute Gasteiger partial charge is 0.268 e. The molecule has 0 fully saturated rings. The number of fused-ring (bicyclic) bond motifs is 1. The number of ether oxygens (including phenoxy) is 1. The number of carbonyl (C=O) groups excluding carboxylic acids is 1. The molecule has 0 saturated carbocycles. The third-order valence-electron chi connectivity index (χ3n) is 5.60. The molecule has 0 radical (unpaired) electrons. The molecular formula is C26H23ClN2O3. The maximum Gasteiger partial charge on any atom is 0.268 e. The van der Waals surface area contributed by atoms with E-state index in [1.807, 2.05) is 55.5 Å². The van der Waals surface area contributed by atoms with E-state index in [2.05, 4.69) is 5.32 Å². The second-order valence-corrected chi connectivity index (χ2v) is 8.06. The summed E-state index contributed by atoms with van der Waals surface area (Å²) in [6.07, 6.45) is 0. The average molecular weight is 447 g/mol. The predicted molar refractivity (Wildman–Crippen MR) is 129 cm³/mol. The fraction of sp³-hybridized carbons (Fsp3) is 0.154. The fourth-order valence-electron chi connectivity index (χ4n) is 3.89. The van der Waals surface area contributed by atoms with Crippen molar-refractivity contribution in [3.05, 3.63) is 98.9 Å². The lowest BCUT2D eigenvalue weighted by Crippen LogP contribution is -2.32. The van der Waals surface area contributed by atoms with Crippen molar-refractivity contribution in [1.82, 2.24) is 9.88 Å². The van der Waals surface area contributed by atoms with Crippen LogP contribution in [0.4, 0.5) is 0 Å². The number of hydrogen-bond donors (Lipinski definition) is 1. The average Bonchev–Trinajstić information content (AvgIpc) is 2.80. The fourth-order valence-corrected chi connectivity index (χ4v) is 4.06. The molecule has 3 aromatic carbocycles. The summed E-state index contributed by atoms with van der Waals surface area (Å²) in [6, 6.07) is 20.4. The molecule has 1 aromatic heterocycles. The lowest BCUT2D eigenvalue weighted by atomic mass is 9.93. The van der Waals surface area contributed by atoms with Crippen LogP contribution < -0.4 is 15.6 Å². The van der Waals surface area contributed by atoms with E-state index >= 15 is 0 Å². The van der Waals surface area contributed by atoms with E-state index in [4.69, 9.17) is 16.3 Å². The van der Waals surface area contributed by atoms with Gasteiger partial charge in [0.2, 0.25) is 0 Å². The number of amides is 1. The summed E-state index contributed by atoms with van der Waals surface area (Å²) in [5.74, 6) is 0.413. The molecule has 1 amide bonds. The summed E-state index contributed by atoms with van der Waals surface area (Å²) in [5, 5.41) is 4.63. The Morgan fingerprint density at radius 1 is 1.03 bits per heavy atom. The van der Waals surface area contributed by atoms with Gasteiger partial charge in [-0.1, -0.05) is 48.0 Å². The van der Waals surface area contributed by atoms with Gasteiger partial charge in [-0.15, -0.1) is 0 Å². The summed E-state index contributed by atoms with van der Waals surface area (Å²) >= 11 is 6.29. The number of carbonyl (C=O) groups is 1. The van der Waals surface area contributed by atoms with Gasteiger partial charge in [-0.05, 0) is 59.3 Å². The second-order valence-electron chi connectivity index (χ2n) is 7.62. The molecule has 1 heterocycles. The highest BCUT2D eigenvalue weighted by Gasteiger charge is 2.22. The number of nitrogens with one attached hydrogen (secondary N) is 1. The van der Waals surface area contributed by atoms with Crippen LogP contribution in [0.15, 0.2) is 71.5 Å². The zero-order valence-electron chi connectivity index (χ0n) is 18.1. The first kappa shape index (κ1) is 21.7. The standard InChI is InChI=1S/C26H23ClN2O3/c1-16-6-4-5-7-20(16)23-22-14-18(27)10-13-21(22)26(31)29(2)24(23)25(30)28-15-17-8-11-19(32-3)12-9-17/h4-14H,15H2,1-3H3,(H,28,30). The van der Waals surface area contributed by atoms with Crippen molar-refractivity contribution >= 4 is 28.3 Å². The molecule has 4 aromatic rings. The van der Waals surface area contributed by atoms with Gasteiger partial charge in [-0.2, -0.15) is 0 Å². The third-order valence-corrected chi connectivity index (χ3v) is 5.83. The summed E-state index contributed by atoms with van der Waals surface area (Å²) in [6.45, 7) is 2.30. The van der Waals surface area contributed by atoms with Gasteiger partial charge in [-0.25, -0.2) is 0 Å². The van der Waals surface area contributed by atoms with Crippen LogP contribution in [0.1, 0.15) is 21.6 Å². The molecule has 162 valence electrons. The summed E-state index contributed by atoms with van der Waals surface area (Å²) < 4.78 is 6.60. The first-order valence-electron chi connectivity index (χ1n) is 10.2. The number of pyridine rings is 1. The van der Waals surface area contributed by atoms with Gasteiger partial charge >= 0.3 is 0 Å². The monoisotopic (exact) mass is 446 g/mol. The van der Waals surface area contributed by atoms with E-state index in [9.17, 15) is 9.59 Å². The zero-order chi connectivity index (χ0) is 22.8. The highest BCUT2D eigenvalue weighted by atomic mass is 35.5. The number of rotatable bonds is 5. The minimum Gasteiger partial charge on any atom is -0.497 e. The van der Waals surface area contributed by atoms with Crippen molar-refractivity contribution in [3.8, 4) is 16.9 Å². The molecule has 0 saturated heterocycles. The van der Waals surface area contributed by atoms with Gasteiger partial charge < -0.3 is 14.6 Å². The van der Waals surface area contributed by atoms with Gasteiger partial charge in [0.1, 0.15) is 11.4 Å². The van der Waals surface area contributed by atoms with Crippen LogP contribution in [0.5, 0.6) is 5.75 Å². The summed E-state index contributed by atoms with van der Waals surface area (Å²) in [4.78, 5) is 26.5. The molecule has 0 aliphatic carbocycles. The molecule has 0 unspecified atom stereocenters. The van der Waals surface area contributed by atoms with Gasteiger partial charge in [0.25, 0.3) is 11.5 Å². The Balaban J connectivity index is 1.86. The van der Waals surface area contributed by atoms with E-state index in [0.29, 0.717) is 33.6 Å². The van der Waals surface area contributed by atoms with Gasteiger partial charge in [-0.3, -0.25) is 9.59 Å². The van der Waals surface area contributed by atoms with Crippen molar-refractivity contribution in [3.63, 3.8) is 0 Å². The molecule has 0 aliphatic rings. The Bertz CT molecular complexity index is 1370. The first-order chi connectivity index (χ1) is 15.4. The molecule has 4 rings (SSSR count). The number of benzene rings is 3. The highest BCUT2D eigenvalue weighted by molar-refractivity contribution is 6.31. The zero-order valence-corrected chi connectivity index (χ0v) is 18.9. The predicted octanol–water partition coefficient (Wildman–Crippen LogP) is 5.11.